The van der Waals surface area contributed by atoms with Gasteiger partial charge in [-0.2, -0.15) is 0 Å². The van der Waals surface area contributed by atoms with E-state index < -0.39 is 38.8 Å². The summed E-state index contributed by atoms with van der Waals surface area (Å²) in [7, 11) is 1.15. The van der Waals surface area contributed by atoms with Gasteiger partial charge in [0.1, 0.15) is 13.2 Å². The molecule has 0 rings (SSSR count). The summed E-state index contributed by atoms with van der Waals surface area (Å²) in [5.41, 5.74) is 0. The first-order chi connectivity index (χ1) is 25.8. The van der Waals surface area contributed by atoms with E-state index in [1.165, 1.54) is 57.8 Å². The Morgan fingerprint density at radius 2 is 1.15 bits per heavy atom. The first-order valence-electron chi connectivity index (χ1n) is 21.2. The van der Waals surface area contributed by atoms with Crippen LogP contribution >= 0.6 is 7.82 Å². The molecule has 0 aromatic heterocycles. The third-order valence-electron chi connectivity index (χ3n) is 9.28. The van der Waals surface area contributed by atoms with Crippen molar-refractivity contribution in [2.75, 3.05) is 40.9 Å². The maximum Gasteiger partial charge on any atom is 0.268 e. The van der Waals surface area contributed by atoms with Crippen LogP contribution in [0, 0.1) is 0 Å². The molecular formula is C43H81N2O8P. The van der Waals surface area contributed by atoms with E-state index in [0.29, 0.717) is 30.3 Å². The lowest BCUT2D eigenvalue weighted by Gasteiger charge is -2.30. The Labute approximate surface area is 330 Å². The molecule has 0 aliphatic heterocycles. The number of rotatable bonds is 37. The van der Waals surface area contributed by atoms with E-state index in [0.717, 1.165) is 57.8 Å². The van der Waals surface area contributed by atoms with E-state index in [1.807, 2.05) is 51.5 Å². The van der Waals surface area contributed by atoms with Gasteiger partial charge in [0.25, 0.3) is 7.82 Å². The number of aliphatic hydroxyl groups is 3. The molecule has 10 nitrogen and oxygen atoms in total. The standard InChI is InChI=1S/C43H81N2O8P/c1-6-8-10-11-12-13-14-15-16-17-21-24-28-34-42(48)41(38-53-54(50,51)52-37-36-45(3,4)5)44-43(49)35-29-33-40(47)32-27-23-20-18-19-22-26-31-39(46)30-25-9-7-2/h19-20,22-23,26-27,31-32,39-42,46-48H,6-18,21,24-25,28-30,33-38H2,1-5H3,(H-,44,49,50,51)/b22-19-,23-20-,31-26+,32-27+/t39-,40-,41+,42-/m1/s1. The zero-order chi connectivity index (χ0) is 40.3. The van der Waals surface area contributed by atoms with E-state index in [1.54, 1.807) is 18.2 Å². The van der Waals surface area contributed by atoms with Crippen LogP contribution in [-0.4, -0.2) is 91.0 Å². The van der Waals surface area contributed by atoms with Gasteiger partial charge >= 0.3 is 0 Å². The first kappa shape index (κ1) is 52.4. The molecule has 0 fully saturated rings. The molecule has 0 saturated heterocycles. The van der Waals surface area contributed by atoms with Gasteiger partial charge in [0.2, 0.25) is 5.91 Å². The Morgan fingerprint density at radius 3 is 1.67 bits per heavy atom. The number of hydrogen-bond acceptors (Lipinski definition) is 8. The first-order valence-corrected chi connectivity index (χ1v) is 22.7. The van der Waals surface area contributed by atoms with Crippen molar-refractivity contribution in [3.8, 4) is 0 Å². The molecular weight excluding hydrogens is 703 g/mol. The van der Waals surface area contributed by atoms with Crippen LogP contribution in [0.3, 0.4) is 0 Å². The zero-order valence-electron chi connectivity index (χ0n) is 34.9. The normalized spacial score (nSPS) is 16.1. The van der Waals surface area contributed by atoms with E-state index in [-0.39, 0.29) is 18.9 Å². The van der Waals surface area contributed by atoms with Crippen molar-refractivity contribution in [1.82, 2.24) is 5.32 Å². The number of unbranched alkanes of at least 4 members (excludes halogenated alkanes) is 14. The van der Waals surface area contributed by atoms with Crippen LogP contribution in [0.15, 0.2) is 48.6 Å². The molecule has 0 aromatic carbocycles. The van der Waals surface area contributed by atoms with Crippen molar-refractivity contribution in [3.05, 3.63) is 48.6 Å². The lowest BCUT2D eigenvalue weighted by molar-refractivity contribution is -0.870. The molecule has 0 spiro atoms. The topological polar surface area (TPSA) is 148 Å². The number of likely N-dealkylation sites (N-methyl/N-ethyl adjacent to an activating group) is 1. The highest BCUT2D eigenvalue weighted by molar-refractivity contribution is 7.45. The van der Waals surface area contributed by atoms with Gasteiger partial charge in [-0.1, -0.05) is 165 Å². The minimum Gasteiger partial charge on any atom is -0.756 e. The second kappa shape index (κ2) is 34.6. The average Bonchev–Trinajstić information content (AvgIpc) is 3.10. The maximum atomic E-state index is 12.8. The SMILES string of the molecule is CCCCCCCCCCCCCCC[C@@H](O)[C@H](COP(=O)([O-])OCC[N+](C)(C)C)NC(=O)CCC[C@H](O)/C=C/C=C\C/C=C\C=C\[C@H](O)CCCCC. The summed E-state index contributed by atoms with van der Waals surface area (Å²) in [4.78, 5) is 25.3. The van der Waals surface area contributed by atoms with Crippen LogP contribution in [0.4, 0.5) is 0 Å². The monoisotopic (exact) mass is 785 g/mol. The van der Waals surface area contributed by atoms with Crippen LogP contribution in [-0.2, 0) is 18.4 Å². The lowest BCUT2D eigenvalue weighted by Crippen LogP contribution is -2.46. The molecule has 0 aliphatic rings. The number of amides is 1. The maximum absolute atomic E-state index is 12.8. The number of quaternary nitrogens is 1. The van der Waals surface area contributed by atoms with Gasteiger partial charge in [-0.25, -0.2) is 0 Å². The number of carbonyl (C=O) groups is 1. The molecule has 1 unspecified atom stereocenters. The second-order valence-electron chi connectivity index (χ2n) is 15.7. The Hall–Kier alpha value is -1.62. The van der Waals surface area contributed by atoms with Gasteiger partial charge in [-0.15, -0.1) is 0 Å². The van der Waals surface area contributed by atoms with Crippen LogP contribution in [0.1, 0.15) is 155 Å². The fraction of sp³-hybridized carbons (Fsp3) is 0.791. The highest BCUT2D eigenvalue weighted by atomic mass is 31.2. The molecule has 0 radical (unpaired) electrons. The molecule has 11 heteroatoms. The van der Waals surface area contributed by atoms with E-state index in [4.69, 9.17) is 9.05 Å². The Morgan fingerprint density at radius 1 is 0.685 bits per heavy atom. The second-order valence-corrected chi connectivity index (χ2v) is 17.2. The van der Waals surface area contributed by atoms with Crippen molar-refractivity contribution in [2.45, 2.75) is 179 Å². The zero-order valence-corrected chi connectivity index (χ0v) is 35.8. The molecule has 54 heavy (non-hydrogen) atoms. The number of allylic oxidation sites excluding steroid dienone is 6. The molecule has 0 aliphatic carbocycles. The van der Waals surface area contributed by atoms with E-state index in [9.17, 15) is 29.6 Å². The van der Waals surface area contributed by atoms with Crippen LogP contribution in [0.5, 0.6) is 0 Å². The van der Waals surface area contributed by atoms with Crippen molar-refractivity contribution in [3.63, 3.8) is 0 Å². The fourth-order valence-corrected chi connectivity index (χ4v) is 6.50. The summed E-state index contributed by atoms with van der Waals surface area (Å²) in [6.45, 7) is 4.41. The number of aliphatic hydroxyl groups excluding tert-OH is 3. The smallest absolute Gasteiger partial charge is 0.268 e. The average molecular weight is 785 g/mol. The summed E-state index contributed by atoms with van der Waals surface area (Å²) < 4.78 is 23.1. The minimum atomic E-state index is -4.63. The van der Waals surface area contributed by atoms with Crippen molar-refractivity contribution >= 4 is 13.7 Å². The summed E-state index contributed by atoms with van der Waals surface area (Å²) in [5, 5.41) is 34.0. The number of nitrogens with zero attached hydrogens (tertiary/aromatic N) is 1. The third kappa shape index (κ3) is 36.0. The summed E-state index contributed by atoms with van der Waals surface area (Å²) in [6.07, 6.45) is 34.6. The number of phosphoric ester groups is 1. The largest absolute Gasteiger partial charge is 0.756 e. The number of hydrogen-bond donors (Lipinski definition) is 4. The molecule has 316 valence electrons. The van der Waals surface area contributed by atoms with Gasteiger partial charge in [0.15, 0.2) is 0 Å². The van der Waals surface area contributed by atoms with E-state index in [2.05, 4.69) is 19.2 Å². The lowest BCUT2D eigenvalue weighted by atomic mass is 10.0. The van der Waals surface area contributed by atoms with Gasteiger partial charge in [0.05, 0.1) is 52.1 Å². The Balaban J connectivity index is 4.68. The van der Waals surface area contributed by atoms with Gasteiger partial charge in [-0.05, 0) is 32.1 Å². The quantitative estimate of drug-likeness (QED) is 0.0212. The summed E-state index contributed by atoms with van der Waals surface area (Å²) in [6, 6.07) is -0.908. The Kier molecular flexibility index (Phi) is 33.6. The minimum absolute atomic E-state index is 0.0326. The van der Waals surface area contributed by atoms with Gasteiger partial charge in [-0.3, -0.25) is 9.36 Å². The molecule has 4 N–H and O–H groups in total. The fourth-order valence-electron chi connectivity index (χ4n) is 5.78. The molecule has 0 aromatic rings. The van der Waals surface area contributed by atoms with Crippen LogP contribution in [0.25, 0.3) is 0 Å². The van der Waals surface area contributed by atoms with Crippen LogP contribution in [0.2, 0.25) is 0 Å². The van der Waals surface area contributed by atoms with E-state index >= 15 is 0 Å². The molecule has 0 bridgehead atoms. The summed E-state index contributed by atoms with van der Waals surface area (Å²) >= 11 is 0. The van der Waals surface area contributed by atoms with Crippen LogP contribution < -0.4 is 10.2 Å². The van der Waals surface area contributed by atoms with Crippen molar-refractivity contribution in [2.24, 2.45) is 0 Å². The highest BCUT2D eigenvalue weighted by Gasteiger charge is 2.24. The predicted octanol–water partition coefficient (Wildman–Crippen LogP) is 8.61. The van der Waals surface area contributed by atoms with Gasteiger partial charge < -0.3 is 39.1 Å². The molecule has 5 atom stereocenters. The third-order valence-corrected chi connectivity index (χ3v) is 10.2. The highest BCUT2D eigenvalue weighted by Crippen LogP contribution is 2.38. The van der Waals surface area contributed by atoms with Gasteiger partial charge in [0, 0.05) is 6.42 Å². The molecule has 0 heterocycles. The number of phosphoric acid groups is 1. The molecule has 0 saturated carbocycles. The Bertz CT molecular complexity index is 1060. The molecule has 1 amide bonds. The van der Waals surface area contributed by atoms with Crippen molar-refractivity contribution in [1.29, 1.82) is 0 Å². The summed E-state index contributed by atoms with van der Waals surface area (Å²) in [5.74, 6) is -0.343. The number of nitrogens with one attached hydrogen (secondary N) is 1. The number of carbonyl (C=O) groups excluding carboxylic acids is 1. The van der Waals surface area contributed by atoms with Crippen molar-refractivity contribution < 1.29 is 43.1 Å². The predicted molar refractivity (Wildman–Crippen MR) is 222 cm³/mol.